The highest BCUT2D eigenvalue weighted by Gasteiger charge is 2.00. The predicted molar refractivity (Wildman–Crippen MR) is 67.9 cm³/mol. The first kappa shape index (κ1) is 12.3. The van der Waals surface area contributed by atoms with Gasteiger partial charge >= 0.3 is 0 Å². The Labute approximate surface area is 97.5 Å². The zero-order chi connectivity index (χ0) is 11.3. The van der Waals surface area contributed by atoms with E-state index in [1.165, 1.54) is 0 Å². The van der Waals surface area contributed by atoms with E-state index < -0.39 is 10.8 Å². The molecule has 3 N–H and O–H groups in total. The lowest BCUT2D eigenvalue weighted by Gasteiger charge is -2.08. The standard InChI is InChI=1S/C10H15ClN2OS/c1-2-15(14)6-5-13-10-4-3-8(12)7-9(10)11/h3-4,7,13H,2,5-6,12H2,1H3. The average Bonchev–Trinajstić information content (AvgIpc) is 2.21. The van der Waals surface area contributed by atoms with E-state index in [1.807, 2.05) is 13.0 Å². The highest BCUT2D eigenvalue weighted by molar-refractivity contribution is 7.84. The molecule has 0 fully saturated rings. The third-order valence-corrected chi connectivity index (χ3v) is 3.58. The molecule has 0 aliphatic carbocycles. The van der Waals surface area contributed by atoms with Crippen molar-refractivity contribution in [3.05, 3.63) is 23.2 Å². The van der Waals surface area contributed by atoms with Crippen LogP contribution in [-0.2, 0) is 10.8 Å². The van der Waals surface area contributed by atoms with Crippen molar-refractivity contribution in [3.8, 4) is 0 Å². The van der Waals surface area contributed by atoms with Crippen LogP contribution in [0.2, 0.25) is 5.02 Å². The summed E-state index contributed by atoms with van der Waals surface area (Å²) in [6, 6.07) is 5.30. The second-order valence-electron chi connectivity index (χ2n) is 3.10. The first-order chi connectivity index (χ1) is 7.13. The Balaban J connectivity index is 2.47. The Kier molecular flexibility index (Phi) is 4.91. The van der Waals surface area contributed by atoms with Crippen molar-refractivity contribution in [1.82, 2.24) is 0 Å². The molecule has 0 spiro atoms. The summed E-state index contributed by atoms with van der Waals surface area (Å²) >= 11 is 5.96. The summed E-state index contributed by atoms with van der Waals surface area (Å²) in [5.41, 5.74) is 7.04. The summed E-state index contributed by atoms with van der Waals surface area (Å²) in [6.45, 7) is 2.57. The predicted octanol–water partition coefficient (Wildman–Crippen LogP) is 2.10. The van der Waals surface area contributed by atoms with Crippen LogP contribution in [0.4, 0.5) is 11.4 Å². The molecule has 1 unspecified atom stereocenters. The molecule has 84 valence electrons. The molecule has 0 amide bonds. The topological polar surface area (TPSA) is 55.1 Å². The van der Waals surface area contributed by atoms with E-state index in [4.69, 9.17) is 17.3 Å². The summed E-state index contributed by atoms with van der Waals surface area (Å²) in [6.07, 6.45) is 0. The first-order valence-electron chi connectivity index (χ1n) is 4.77. The number of nitrogen functional groups attached to an aromatic ring is 1. The maximum absolute atomic E-state index is 11.2. The third-order valence-electron chi connectivity index (χ3n) is 1.96. The molecule has 0 bridgehead atoms. The van der Waals surface area contributed by atoms with Crippen molar-refractivity contribution in [3.63, 3.8) is 0 Å². The maximum Gasteiger partial charge on any atom is 0.0657 e. The highest BCUT2D eigenvalue weighted by Crippen LogP contribution is 2.23. The van der Waals surface area contributed by atoms with E-state index in [-0.39, 0.29) is 0 Å². The van der Waals surface area contributed by atoms with E-state index >= 15 is 0 Å². The molecule has 0 saturated heterocycles. The molecule has 5 heteroatoms. The zero-order valence-corrected chi connectivity index (χ0v) is 10.2. The van der Waals surface area contributed by atoms with Crippen molar-refractivity contribution < 1.29 is 4.21 Å². The van der Waals surface area contributed by atoms with Crippen LogP contribution >= 0.6 is 11.6 Å². The lowest BCUT2D eigenvalue weighted by Crippen LogP contribution is -2.12. The number of benzene rings is 1. The minimum Gasteiger partial charge on any atom is -0.399 e. The van der Waals surface area contributed by atoms with Crippen LogP contribution in [0.25, 0.3) is 0 Å². The number of nitrogens with one attached hydrogen (secondary N) is 1. The van der Waals surface area contributed by atoms with Crippen molar-refractivity contribution in [2.24, 2.45) is 0 Å². The number of halogens is 1. The normalized spacial score (nSPS) is 12.4. The first-order valence-corrected chi connectivity index (χ1v) is 6.64. The van der Waals surface area contributed by atoms with Gasteiger partial charge in [-0.05, 0) is 18.2 Å². The van der Waals surface area contributed by atoms with Gasteiger partial charge in [-0.25, -0.2) is 0 Å². The van der Waals surface area contributed by atoms with Crippen molar-refractivity contribution in [2.75, 3.05) is 29.1 Å². The summed E-state index contributed by atoms with van der Waals surface area (Å²) in [7, 11) is -0.742. The zero-order valence-electron chi connectivity index (χ0n) is 8.63. The summed E-state index contributed by atoms with van der Waals surface area (Å²) in [4.78, 5) is 0. The molecule has 0 aromatic heterocycles. The van der Waals surface area contributed by atoms with Gasteiger partial charge in [0.25, 0.3) is 0 Å². The molecular formula is C10H15ClN2OS. The second kappa shape index (κ2) is 5.98. The molecule has 0 saturated carbocycles. The Morgan fingerprint density at radius 2 is 2.27 bits per heavy atom. The molecule has 0 heterocycles. The van der Waals surface area contributed by atoms with E-state index in [9.17, 15) is 4.21 Å². The fourth-order valence-corrected chi connectivity index (χ4v) is 1.99. The molecule has 1 aromatic rings. The molecule has 0 radical (unpaired) electrons. The Morgan fingerprint density at radius 3 is 2.87 bits per heavy atom. The molecule has 1 aromatic carbocycles. The van der Waals surface area contributed by atoms with Crippen LogP contribution in [0.15, 0.2) is 18.2 Å². The third kappa shape index (κ3) is 4.10. The number of nitrogens with two attached hydrogens (primary N) is 1. The van der Waals surface area contributed by atoms with E-state index in [0.29, 0.717) is 28.8 Å². The summed E-state index contributed by atoms with van der Waals surface area (Å²) in [5.74, 6) is 1.33. The van der Waals surface area contributed by atoms with E-state index in [0.717, 1.165) is 5.69 Å². The molecule has 0 aliphatic heterocycles. The number of hydrogen-bond acceptors (Lipinski definition) is 3. The fourth-order valence-electron chi connectivity index (χ4n) is 1.12. The van der Waals surface area contributed by atoms with Gasteiger partial charge in [-0.2, -0.15) is 0 Å². The van der Waals surface area contributed by atoms with Gasteiger partial charge in [0.2, 0.25) is 0 Å². The largest absolute Gasteiger partial charge is 0.399 e. The van der Waals surface area contributed by atoms with Crippen LogP contribution in [-0.4, -0.2) is 22.3 Å². The fraction of sp³-hybridized carbons (Fsp3) is 0.400. The lowest BCUT2D eigenvalue weighted by atomic mass is 10.3. The smallest absolute Gasteiger partial charge is 0.0657 e. The van der Waals surface area contributed by atoms with Gasteiger partial charge in [-0.15, -0.1) is 0 Å². The molecule has 3 nitrogen and oxygen atoms in total. The Morgan fingerprint density at radius 1 is 1.53 bits per heavy atom. The monoisotopic (exact) mass is 246 g/mol. The van der Waals surface area contributed by atoms with Gasteiger partial charge in [-0.3, -0.25) is 4.21 Å². The van der Waals surface area contributed by atoms with Gasteiger partial charge in [0.05, 0.1) is 10.7 Å². The number of rotatable bonds is 5. The lowest BCUT2D eigenvalue weighted by molar-refractivity contribution is 0.684. The minimum atomic E-state index is -0.742. The second-order valence-corrected chi connectivity index (χ2v) is 5.37. The summed E-state index contributed by atoms with van der Waals surface area (Å²) in [5, 5.41) is 3.72. The van der Waals surface area contributed by atoms with Crippen molar-refractivity contribution in [2.45, 2.75) is 6.92 Å². The van der Waals surface area contributed by atoms with Crippen molar-refractivity contribution >= 4 is 33.8 Å². The quantitative estimate of drug-likeness (QED) is 0.783. The van der Waals surface area contributed by atoms with E-state index in [2.05, 4.69) is 5.32 Å². The van der Waals surface area contributed by atoms with Crippen LogP contribution in [0, 0.1) is 0 Å². The molecule has 1 atom stereocenters. The maximum atomic E-state index is 11.2. The summed E-state index contributed by atoms with van der Waals surface area (Å²) < 4.78 is 11.2. The van der Waals surface area contributed by atoms with Crippen LogP contribution in [0.3, 0.4) is 0 Å². The number of anilines is 2. The molecule has 0 aliphatic rings. The van der Waals surface area contributed by atoms with Gasteiger partial charge < -0.3 is 11.1 Å². The number of hydrogen-bond donors (Lipinski definition) is 2. The van der Waals surface area contributed by atoms with Crippen LogP contribution < -0.4 is 11.1 Å². The van der Waals surface area contributed by atoms with Gasteiger partial charge in [0.1, 0.15) is 0 Å². The van der Waals surface area contributed by atoms with Crippen LogP contribution in [0.5, 0.6) is 0 Å². The van der Waals surface area contributed by atoms with Gasteiger partial charge in [0, 0.05) is 34.5 Å². The van der Waals surface area contributed by atoms with Gasteiger partial charge in [-0.1, -0.05) is 18.5 Å². The minimum absolute atomic E-state index is 0.595. The Hall–Kier alpha value is -0.740. The van der Waals surface area contributed by atoms with Crippen LogP contribution in [0.1, 0.15) is 6.92 Å². The average molecular weight is 247 g/mol. The molecule has 15 heavy (non-hydrogen) atoms. The molecule has 1 rings (SSSR count). The molecular weight excluding hydrogens is 232 g/mol. The SMILES string of the molecule is CCS(=O)CCNc1ccc(N)cc1Cl. The Bertz CT molecular complexity index is 357. The van der Waals surface area contributed by atoms with Crippen molar-refractivity contribution in [1.29, 1.82) is 0 Å². The van der Waals surface area contributed by atoms with Gasteiger partial charge in [0.15, 0.2) is 0 Å². The van der Waals surface area contributed by atoms with E-state index in [1.54, 1.807) is 12.1 Å². The highest BCUT2D eigenvalue weighted by atomic mass is 35.5.